The molecule has 0 N–H and O–H groups in total. The summed E-state index contributed by atoms with van der Waals surface area (Å²) in [6.45, 7) is 0. The number of fused-ring (bicyclic) bond motifs is 15. The quantitative estimate of drug-likeness (QED) is 0.166. The Morgan fingerprint density at radius 2 is 0.525 bits per heavy atom. The number of thiophene rings is 1. The summed E-state index contributed by atoms with van der Waals surface area (Å²) in [5.41, 5.74) is 11.1. The number of rotatable bonds is 4. The van der Waals surface area contributed by atoms with Crippen LogP contribution in [0.1, 0.15) is 0 Å². The van der Waals surface area contributed by atoms with Gasteiger partial charge in [0.2, 0.25) is 0 Å². The van der Waals surface area contributed by atoms with E-state index >= 15 is 0 Å². The van der Waals surface area contributed by atoms with Crippen LogP contribution in [0.15, 0.2) is 206 Å². The van der Waals surface area contributed by atoms with Gasteiger partial charge in [-0.1, -0.05) is 158 Å². The molecule has 0 saturated heterocycles. The molecule has 0 fully saturated rings. The van der Waals surface area contributed by atoms with Crippen LogP contribution in [0.2, 0.25) is 0 Å². The van der Waals surface area contributed by atoms with E-state index in [-0.39, 0.29) is 0 Å². The lowest BCUT2D eigenvalue weighted by Gasteiger charge is -2.11. The summed E-state index contributed by atoms with van der Waals surface area (Å²) in [5, 5.41) is 14.8. The zero-order valence-corrected chi connectivity index (χ0v) is 33.7. The fraction of sp³-hybridized carbons (Fsp3) is 0. The Labute approximate surface area is 355 Å². The summed E-state index contributed by atoms with van der Waals surface area (Å²) in [6, 6.07) is 74.9. The van der Waals surface area contributed by atoms with Gasteiger partial charge in [-0.15, -0.1) is 11.3 Å². The van der Waals surface area contributed by atoms with Crippen molar-refractivity contribution in [1.82, 2.24) is 9.97 Å². The molecule has 0 saturated carbocycles. The van der Waals surface area contributed by atoms with Crippen LogP contribution < -0.4 is 0 Å². The van der Waals surface area contributed by atoms with Crippen LogP contribution >= 0.6 is 11.3 Å². The van der Waals surface area contributed by atoms with Gasteiger partial charge in [0.1, 0.15) is 0 Å². The van der Waals surface area contributed by atoms with Gasteiger partial charge in [0.15, 0.2) is 0 Å². The van der Waals surface area contributed by atoms with Crippen molar-refractivity contribution in [2.45, 2.75) is 0 Å². The Bertz CT molecular complexity index is 3590. The molecule has 13 aromatic rings. The number of benzene rings is 10. The Kier molecular flexibility index (Phi) is 7.51. The van der Waals surface area contributed by atoms with Gasteiger partial charge in [0.25, 0.3) is 0 Å². The van der Waals surface area contributed by atoms with E-state index < -0.39 is 0 Å². The van der Waals surface area contributed by atoms with Crippen molar-refractivity contribution < 1.29 is 0 Å². The zero-order valence-electron chi connectivity index (χ0n) is 32.9. The molecule has 61 heavy (non-hydrogen) atoms. The van der Waals surface area contributed by atoms with Crippen molar-refractivity contribution in [3.8, 4) is 44.8 Å². The van der Waals surface area contributed by atoms with Crippen LogP contribution in [0.25, 0.3) is 130 Å². The molecular formula is C58H34N2S. The third-order valence-electron chi connectivity index (χ3n) is 12.7. The van der Waals surface area contributed by atoms with Crippen LogP contribution in [-0.4, -0.2) is 9.97 Å². The van der Waals surface area contributed by atoms with Gasteiger partial charge in [-0.25, -0.2) is 9.97 Å². The van der Waals surface area contributed by atoms with Crippen LogP contribution in [-0.2, 0) is 0 Å². The third-order valence-corrected chi connectivity index (χ3v) is 13.8. The van der Waals surface area contributed by atoms with Crippen LogP contribution in [0.5, 0.6) is 0 Å². The van der Waals surface area contributed by atoms with E-state index in [4.69, 9.17) is 9.97 Å². The monoisotopic (exact) mass is 790 g/mol. The van der Waals surface area contributed by atoms with Gasteiger partial charge in [0.05, 0.1) is 22.4 Å². The van der Waals surface area contributed by atoms with Gasteiger partial charge in [-0.05, 0) is 103 Å². The van der Waals surface area contributed by atoms with Gasteiger partial charge in [-0.3, -0.25) is 0 Å². The second-order valence-electron chi connectivity index (χ2n) is 16.0. The number of hydrogen-bond donors (Lipinski definition) is 0. The Balaban J connectivity index is 0.824. The van der Waals surface area contributed by atoms with Crippen molar-refractivity contribution in [3.05, 3.63) is 206 Å². The summed E-state index contributed by atoms with van der Waals surface area (Å²) in [6.07, 6.45) is 0. The highest BCUT2D eigenvalue weighted by Crippen LogP contribution is 2.41. The summed E-state index contributed by atoms with van der Waals surface area (Å²) in [7, 11) is 0. The number of nitrogens with zero attached hydrogens (tertiary/aromatic N) is 2. The molecule has 0 aliphatic rings. The minimum atomic E-state index is 0.982. The molecule has 0 atom stereocenters. The predicted molar refractivity (Wildman–Crippen MR) is 262 cm³/mol. The molecule has 0 aliphatic heterocycles. The molecule has 13 rings (SSSR count). The minimum Gasteiger partial charge on any atom is -0.247 e. The van der Waals surface area contributed by atoms with E-state index in [2.05, 4.69) is 206 Å². The Morgan fingerprint density at radius 1 is 0.230 bits per heavy atom. The highest BCUT2D eigenvalue weighted by atomic mass is 32.1. The molecule has 10 aromatic carbocycles. The Morgan fingerprint density at radius 3 is 0.902 bits per heavy atom. The van der Waals surface area contributed by atoms with E-state index in [0.717, 1.165) is 33.5 Å². The minimum absolute atomic E-state index is 0.982. The molecule has 0 aliphatic carbocycles. The maximum Gasteiger partial charge on any atom is 0.0794 e. The second kappa shape index (κ2) is 13.4. The third kappa shape index (κ3) is 5.41. The van der Waals surface area contributed by atoms with Crippen LogP contribution in [0, 0.1) is 0 Å². The molecule has 0 amide bonds. The number of hydrogen-bond acceptors (Lipinski definition) is 3. The molecule has 3 heteroatoms. The molecule has 3 aromatic heterocycles. The van der Waals surface area contributed by atoms with E-state index in [0.29, 0.717) is 0 Å². The van der Waals surface area contributed by atoms with Crippen LogP contribution in [0.4, 0.5) is 0 Å². The van der Waals surface area contributed by atoms with Gasteiger partial charge < -0.3 is 0 Å². The van der Waals surface area contributed by atoms with Crippen molar-refractivity contribution in [3.63, 3.8) is 0 Å². The molecule has 0 unspecified atom stereocenters. The smallest absolute Gasteiger partial charge is 0.0794 e. The van der Waals surface area contributed by atoms with Crippen molar-refractivity contribution in [1.29, 1.82) is 0 Å². The summed E-state index contributed by atoms with van der Waals surface area (Å²) in [5.74, 6) is 0. The lowest BCUT2D eigenvalue weighted by atomic mass is 9.96. The largest absolute Gasteiger partial charge is 0.247 e. The fourth-order valence-corrected chi connectivity index (χ4v) is 10.7. The molecule has 2 nitrogen and oxygen atoms in total. The number of aromatic nitrogens is 2. The molecule has 282 valence electrons. The SMILES string of the molecule is c1ccc2c(c1)c1ccccc1c1nc(-c3ccc(-c4ccc5sc6ccc(-c7ccc(-c8ccc9c%10ccccc%10c%10ccccc%10c9n8)cc7)cc6c5c4)cc3)ccc21. The lowest BCUT2D eigenvalue weighted by molar-refractivity contribution is 1.41. The molecular weight excluding hydrogens is 757 g/mol. The summed E-state index contributed by atoms with van der Waals surface area (Å²) < 4.78 is 2.59. The normalized spacial score (nSPS) is 11.9. The van der Waals surface area contributed by atoms with Crippen molar-refractivity contribution in [2.75, 3.05) is 0 Å². The predicted octanol–water partition coefficient (Wildman–Crippen LogP) is 16.4. The first-order valence-electron chi connectivity index (χ1n) is 20.8. The highest BCUT2D eigenvalue weighted by Gasteiger charge is 2.14. The maximum absolute atomic E-state index is 5.28. The van der Waals surface area contributed by atoms with Gasteiger partial charge in [0, 0.05) is 52.8 Å². The molecule has 3 heterocycles. The summed E-state index contributed by atoms with van der Waals surface area (Å²) in [4.78, 5) is 10.6. The number of pyridine rings is 2. The fourth-order valence-electron chi connectivity index (χ4n) is 9.64. The van der Waals surface area contributed by atoms with Crippen LogP contribution in [0.3, 0.4) is 0 Å². The van der Waals surface area contributed by atoms with Crippen molar-refractivity contribution in [2.24, 2.45) is 0 Å². The van der Waals surface area contributed by atoms with Gasteiger partial charge >= 0.3 is 0 Å². The van der Waals surface area contributed by atoms with E-state index in [1.165, 1.54) is 96.3 Å². The standard InChI is InChI=1S/C58H34N2S/c1-3-13-45-41(9-1)43-11-5-7-15-47(43)57-49(45)27-29-53(59-57)37-21-17-35(18-22-37)39-25-31-55-51(33-39)52-34-40(26-32-56(52)61-55)36-19-23-38(24-20-36)54-30-28-50-46-14-4-2-10-42(46)44-12-6-8-16-48(44)58(50)60-54/h1-34H. The van der Waals surface area contributed by atoms with E-state index in [9.17, 15) is 0 Å². The topological polar surface area (TPSA) is 25.8 Å². The van der Waals surface area contributed by atoms with Crippen molar-refractivity contribution >= 4 is 96.4 Å². The molecule has 0 radical (unpaired) electrons. The maximum atomic E-state index is 5.28. The second-order valence-corrected chi connectivity index (χ2v) is 17.1. The van der Waals surface area contributed by atoms with E-state index in [1.54, 1.807) is 0 Å². The first-order chi connectivity index (χ1) is 30.2. The molecule has 0 spiro atoms. The zero-order chi connectivity index (χ0) is 40.0. The van der Waals surface area contributed by atoms with Gasteiger partial charge in [-0.2, -0.15) is 0 Å². The molecule has 0 bridgehead atoms. The van der Waals surface area contributed by atoms with E-state index in [1.807, 2.05) is 11.3 Å². The average Bonchev–Trinajstić information content (AvgIpc) is 3.71. The highest BCUT2D eigenvalue weighted by molar-refractivity contribution is 7.25. The Hall–Kier alpha value is -7.72. The lowest BCUT2D eigenvalue weighted by Crippen LogP contribution is -1.89. The summed E-state index contributed by atoms with van der Waals surface area (Å²) >= 11 is 1.86. The average molecular weight is 791 g/mol. The first-order valence-corrected chi connectivity index (χ1v) is 21.6. The first kappa shape index (κ1) is 34.2.